The molecule has 1 aromatic heterocycles. The molecule has 94 valence electrons. The zero-order chi connectivity index (χ0) is 13.3. The lowest BCUT2D eigenvalue weighted by Gasteiger charge is -2.05. The molecule has 0 amide bonds. The van der Waals surface area contributed by atoms with Gasteiger partial charge in [0.15, 0.2) is 0 Å². The average Bonchev–Trinajstić information content (AvgIpc) is 2.68. The fraction of sp³-hybridized carbons (Fsp3) is 0.100. The summed E-state index contributed by atoms with van der Waals surface area (Å²) in [5, 5.41) is 17.6. The number of nitrogens with zero attached hydrogens (tertiary/aromatic N) is 3. The Morgan fingerprint density at radius 3 is 2.83 bits per heavy atom. The fourth-order valence-electron chi connectivity index (χ4n) is 1.43. The van der Waals surface area contributed by atoms with E-state index < -0.39 is 10.7 Å². The van der Waals surface area contributed by atoms with Crippen LogP contribution < -0.4 is 5.32 Å². The van der Waals surface area contributed by atoms with Crippen LogP contribution in [0.15, 0.2) is 29.0 Å². The van der Waals surface area contributed by atoms with Crippen LogP contribution in [0.4, 0.5) is 21.5 Å². The molecular weight excluding hydrogens is 307 g/mol. The summed E-state index contributed by atoms with van der Waals surface area (Å²) in [6, 6.07) is 2.18. The molecule has 0 spiro atoms. The van der Waals surface area contributed by atoms with Gasteiger partial charge in [0.1, 0.15) is 11.5 Å². The van der Waals surface area contributed by atoms with Crippen LogP contribution in [0.25, 0.3) is 0 Å². The van der Waals surface area contributed by atoms with Crippen LogP contribution in [-0.2, 0) is 7.05 Å². The van der Waals surface area contributed by atoms with E-state index in [1.165, 1.54) is 12.3 Å². The maximum atomic E-state index is 13.3. The fourth-order valence-corrected chi connectivity index (χ4v) is 1.77. The van der Waals surface area contributed by atoms with E-state index in [1.807, 2.05) is 0 Å². The van der Waals surface area contributed by atoms with Gasteiger partial charge in [0.2, 0.25) is 0 Å². The molecule has 0 unspecified atom stereocenters. The van der Waals surface area contributed by atoms with Crippen LogP contribution in [0.2, 0.25) is 0 Å². The maximum absolute atomic E-state index is 13.3. The van der Waals surface area contributed by atoms with Crippen molar-refractivity contribution in [2.24, 2.45) is 7.05 Å². The molecule has 0 aliphatic heterocycles. The number of nitro groups is 1. The van der Waals surface area contributed by atoms with Gasteiger partial charge in [-0.1, -0.05) is 0 Å². The van der Waals surface area contributed by atoms with Gasteiger partial charge in [-0.25, -0.2) is 4.39 Å². The van der Waals surface area contributed by atoms with Crippen LogP contribution >= 0.6 is 15.9 Å². The lowest BCUT2D eigenvalue weighted by atomic mass is 10.2. The number of halogens is 2. The number of hydrogen-bond acceptors (Lipinski definition) is 4. The van der Waals surface area contributed by atoms with E-state index >= 15 is 0 Å². The third-order valence-electron chi connectivity index (χ3n) is 2.22. The van der Waals surface area contributed by atoms with E-state index in [9.17, 15) is 14.5 Å². The summed E-state index contributed by atoms with van der Waals surface area (Å²) in [7, 11) is 1.72. The standard InChI is InChI=1S/C10H8BrFN4O2/c1-15-5-6(4-13-15)14-9-2-7(11)8(12)3-10(9)16(17)18/h2-5,14H,1H3. The highest BCUT2D eigenvalue weighted by molar-refractivity contribution is 9.10. The Bertz CT molecular complexity index is 614. The molecule has 0 saturated heterocycles. The third-order valence-corrected chi connectivity index (χ3v) is 2.83. The molecule has 0 radical (unpaired) electrons. The molecule has 0 aliphatic rings. The molecule has 0 aliphatic carbocycles. The van der Waals surface area contributed by atoms with Crippen molar-refractivity contribution in [1.82, 2.24) is 9.78 Å². The van der Waals surface area contributed by atoms with Crippen molar-refractivity contribution in [1.29, 1.82) is 0 Å². The second kappa shape index (κ2) is 4.73. The smallest absolute Gasteiger partial charge is 0.295 e. The molecule has 0 atom stereocenters. The number of hydrogen-bond donors (Lipinski definition) is 1. The van der Waals surface area contributed by atoms with Crippen LogP contribution in [0.5, 0.6) is 0 Å². The summed E-state index contributed by atoms with van der Waals surface area (Å²) >= 11 is 2.99. The van der Waals surface area contributed by atoms with E-state index in [0.717, 1.165) is 6.07 Å². The summed E-state index contributed by atoms with van der Waals surface area (Å²) in [6.07, 6.45) is 3.17. The van der Waals surface area contributed by atoms with Crippen molar-refractivity contribution >= 4 is 33.0 Å². The largest absolute Gasteiger partial charge is 0.347 e. The summed E-state index contributed by atoms with van der Waals surface area (Å²) in [4.78, 5) is 10.2. The van der Waals surface area contributed by atoms with Crippen molar-refractivity contribution in [3.05, 3.63) is 44.9 Å². The van der Waals surface area contributed by atoms with Gasteiger partial charge in [-0.2, -0.15) is 5.10 Å². The second-order valence-corrected chi connectivity index (χ2v) is 4.42. The Labute approximate surface area is 110 Å². The lowest BCUT2D eigenvalue weighted by Crippen LogP contribution is -1.98. The monoisotopic (exact) mass is 314 g/mol. The first kappa shape index (κ1) is 12.5. The van der Waals surface area contributed by atoms with Gasteiger partial charge in [0, 0.05) is 13.2 Å². The second-order valence-electron chi connectivity index (χ2n) is 3.57. The molecule has 8 heteroatoms. The average molecular weight is 315 g/mol. The zero-order valence-corrected chi connectivity index (χ0v) is 10.8. The van der Waals surface area contributed by atoms with E-state index in [2.05, 4.69) is 26.3 Å². The number of aromatic nitrogens is 2. The van der Waals surface area contributed by atoms with E-state index in [1.54, 1.807) is 17.9 Å². The first-order chi connectivity index (χ1) is 8.47. The van der Waals surface area contributed by atoms with Gasteiger partial charge in [-0.3, -0.25) is 14.8 Å². The van der Waals surface area contributed by atoms with E-state index in [-0.39, 0.29) is 15.8 Å². The number of aryl methyl sites for hydroxylation is 1. The number of benzene rings is 1. The number of nitro benzene ring substituents is 1. The highest BCUT2D eigenvalue weighted by Gasteiger charge is 2.18. The lowest BCUT2D eigenvalue weighted by molar-refractivity contribution is -0.384. The predicted molar refractivity (Wildman–Crippen MR) is 67.2 cm³/mol. The maximum Gasteiger partial charge on any atom is 0.295 e. The Kier molecular flexibility index (Phi) is 3.28. The quantitative estimate of drug-likeness (QED) is 0.698. The minimum Gasteiger partial charge on any atom is -0.347 e. The van der Waals surface area contributed by atoms with Crippen molar-refractivity contribution < 1.29 is 9.31 Å². The molecule has 1 heterocycles. The number of rotatable bonds is 3. The predicted octanol–water partition coefficient (Wildman–Crippen LogP) is 2.97. The SMILES string of the molecule is Cn1cc(Nc2cc(Br)c(F)cc2[N+](=O)[O-])cn1. The van der Waals surface area contributed by atoms with E-state index in [4.69, 9.17) is 0 Å². The first-order valence-corrected chi connectivity index (χ1v) is 5.66. The Morgan fingerprint density at radius 1 is 1.56 bits per heavy atom. The number of nitrogens with one attached hydrogen (secondary N) is 1. The molecule has 2 rings (SSSR count). The first-order valence-electron chi connectivity index (χ1n) is 4.86. The molecule has 0 bridgehead atoms. The minimum absolute atomic E-state index is 0.152. The summed E-state index contributed by atoms with van der Waals surface area (Å²) in [5.41, 5.74) is 0.444. The molecule has 2 aromatic rings. The molecule has 6 nitrogen and oxygen atoms in total. The van der Waals surface area contributed by atoms with Crippen molar-refractivity contribution in [2.75, 3.05) is 5.32 Å². The molecule has 0 saturated carbocycles. The molecule has 1 N–H and O–H groups in total. The third kappa shape index (κ3) is 2.48. The van der Waals surface area contributed by atoms with Gasteiger partial charge in [0.25, 0.3) is 5.69 Å². The molecule has 0 fully saturated rings. The summed E-state index contributed by atoms with van der Waals surface area (Å²) < 4.78 is 15.0. The summed E-state index contributed by atoms with van der Waals surface area (Å²) in [6.45, 7) is 0. The number of anilines is 2. The van der Waals surface area contributed by atoms with Crippen LogP contribution in [0.1, 0.15) is 0 Å². The zero-order valence-electron chi connectivity index (χ0n) is 9.22. The van der Waals surface area contributed by atoms with Gasteiger partial charge >= 0.3 is 0 Å². The highest BCUT2D eigenvalue weighted by atomic mass is 79.9. The van der Waals surface area contributed by atoms with Crippen molar-refractivity contribution in [3.8, 4) is 0 Å². The Hall–Kier alpha value is -1.96. The topological polar surface area (TPSA) is 73.0 Å². The van der Waals surface area contributed by atoms with Crippen LogP contribution in [0.3, 0.4) is 0 Å². The highest BCUT2D eigenvalue weighted by Crippen LogP contribution is 2.32. The van der Waals surface area contributed by atoms with Crippen LogP contribution in [-0.4, -0.2) is 14.7 Å². The summed E-state index contributed by atoms with van der Waals surface area (Å²) in [5.74, 6) is -0.682. The van der Waals surface area contributed by atoms with Crippen molar-refractivity contribution in [3.63, 3.8) is 0 Å². The molecule has 18 heavy (non-hydrogen) atoms. The normalized spacial score (nSPS) is 10.4. The van der Waals surface area contributed by atoms with Gasteiger partial charge in [-0.15, -0.1) is 0 Å². The van der Waals surface area contributed by atoms with Crippen LogP contribution in [0, 0.1) is 15.9 Å². The molecular formula is C10H8BrFN4O2. The van der Waals surface area contributed by atoms with Gasteiger partial charge in [-0.05, 0) is 22.0 Å². The minimum atomic E-state index is -0.682. The Balaban J connectivity index is 2.42. The van der Waals surface area contributed by atoms with Crippen molar-refractivity contribution in [2.45, 2.75) is 0 Å². The van der Waals surface area contributed by atoms with E-state index in [0.29, 0.717) is 5.69 Å². The van der Waals surface area contributed by atoms with Gasteiger partial charge < -0.3 is 5.32 Å². The molecule has 1 aromatic carbocycles. The van der Waals surface area contributed by atoms with Gasteiger partial charge in [0.05, 0.1) is 27.3 Å². The Morgan fingerprint density at radius 2 is 2.28 bits per heavy atom.